The van der Waals surface area contributed by atoms with Crippen molar-refractivity contribution in [2.45, 2.75) is 12.5 Å². The molecule has 5 rings (SSSR count). The topological polar surface area (TPSA) is 120 Å². The summed E-state index contributed by atoms with van der Waals surface area (Å²) in [6, 6.07) is 18.7. The van der Waals surface area contributed by atoms with Crippen molar-refractivity contribution in [3.8, 4) is 40.9 Å². The van der Waals surface area contributed by atoms with Gasteiger partial charge in [-0.3, -0.25) is 0 Å². The predicted molar refractivity (Wildman–Crippen MR) is 128 cm³/mol. The van der Waals surface area contributed by atoms with E-state index in [0.717, 1.165) is 11.1 Å². The fraction of sp³-hybridized carbons (Fsp3) is 0.154. The summed E-state index contributed by atoms with van der Waals surface area (Å²) in [5.74, 6) is 2.00. The fourth-order valence-corrected chi connectivity index (χ4v) is 4.67. The summed E-state index contributed by atoms with van der Waals surface area (Å²) >= 11 is 3.63. The van der Waals surface area contributed by atoms with Crippen LogP contribution in [0, 0.1) is 22.7 Å². The highest BCUT2D eigenvalue weighted by Crippen LogP contribution is 2.50. The first-order chi connectivity index (χ1) is 17.0. The molecule has 0 aromatic heterocycles. The molecule has 35 heavy (non-hydrogen) atoms. The molecule has 2 aliphatic heterocycles. The third kappa shape index (κ3) is 3.96. The third-order valence-electron chi connectivity index (χ3n) is 5.83. The van der Waals surface area contributed by atoms with Gasteiger partial charge in [-0.15, -0.1) is 0 Å². The number of allylic oxidation sites excluding steroid dienone is 1. The SMILES string of the molecule is COc1cc([C@@H]2C(C#N)=C(N)Oc3cc4c(cc32)OCO4)c(Br)cc1OCc1ccccc1C#N. The van der Waals surface area contributed by atoms with E-state index in [9.17, 15) is 10.5 Å². The largest absolute Gasteiger partial charge is 0.493 e. The van der Waals surface area contributed by atoms with E-state index in [2.05, 4.69) is 28.1 Å². The Morgan fingerprint density at radius 2 is 1.77 bits per heavy atom. The van der Waals surface area contributed by atoms with Crippen LogP contribution < -0.4 is 29.4 Å². The molecule has 8 nitrogen and oxygen atoms in total. The smallest absolute Gasteiger partial charge is 0.231 e. The van der Waals surface area contributed by atoms with Gasteiger partial charge in [-0.25, -0.2) is 0 Å². The minimum Gasteiger partial charge on any atom is -0.493 e. The van der Waals surface area contributed by atoms with Crippen molar-refractivity contribution in [3.63, 3.8) is 0 Å². The number of nitrogens with two attached hydrogens (primary N) is 1. The second-order valence-electron chi connectivity index (χ2n) is 7.75. The van der Waals surface area contributed by atoms with Crippen molar-refractivity contribution < 1.29 is 23.7 Å². The zero-order valence-corrected chi connectivity index (χ0v) is 20.1. The van der Waals surface area contributed by atoms with Crippen LogP contribution in [0.1, 0.15) is 28.2 Å². The molecule has 0 fully saturated rings. The highest BCUT2D eigenvalue weighted by Gasteiger charge is 2.35. The van der Waals surface area contributed by atoms with Crippen molar-refractivity contribution >= 4 is 15.9 Å². The summed E-state index contributed by atoms with van der Waals surface area (Å²) in [7, 11) is 1.54. The van der Waals surface area contributed by atoms with Crippen molar-refractivity contribution in [1.29, 1.82) is 10.5 Å². The van der Waals surface area contributed by atoms with Gasteiger partial charge in [-0.2, -0.15) is 10.5 Å². The van der Waals surface area contributed by atoms with Crippen LogP contribution in [0.5, 0.6) is 28.7 Å². The van der Waals surface area contributed by atoms with Crippen LogP contribution >= 0.6 is 15.9 Å². The van der Waals surface area contributed by atoms with E-state index in [4.69, 9.17) is 29.4 Å². The standard InChI is InChI=1S/C26H18BrN3O5/c1-31-21-6-16(19(27)8-23(21)32-12-15-5-3-2-4-14(15)10-28)25-17-7-22-24(34-13-33-22)9-20(17)35-26(30)18(25)11-29/h2-9,25H,12-13,30H2,1H3/t25-/m0/s1. The molecule has 0 amide bonds. The molecule has 2 N–H and O–H groups in total. The molecule has 0 saturated heterocycles. The summed E-state index contributed by atoms with van der Waals surface area (Å²) in [5.41, 5.74) is 9.13. The molecule has 0 unspecified atom stereocenters. The number of methoxy groups -OCH3 is 1. The number of hydrogen-bond acceptors (Lipinski definition) is 8. The first-order valence-corrected chi connectivity index (χ1v) is 11.3. The van der Waals surface area contributed by atoms with E-state index in [1.807, 2.05) is 12.1 Å². The Morgan fingerprint density at radius 3 is 2.51 bits per heavy atom. The molecule has 2 heterocycles. The number of ether oxygens (including phenoxy) is 5. The van der Waals surface area contributed by atoms with Crippen molar-refractivity contribution in [2.24, 2.45) is 5.73 Å². The number of rotatable bonds is 5. The van der Waals surface area contributed by atoms with E-state index in [1.165, 1.54) is 7.11 Å². The average Bonchev–Trinajstić information content (AvgIpc) is 3.33. The Kier molecular flexibility index (Phi) is 5.86. The molecule has 0 saturated carbocycles. The van der Waals surface area contributed by atoms with Crippen LogP contribution in [0.2, 0.25) is 0 Å². The highest BCUT2D eigenvalue weighted by molar-refractivity contribution is 9.10. The first kappa shape index (κ1) is 22.5. The van der Waals surface area contributed by atoms with Gasteiger partial charge < -0.3 is 29.4 Å². The van der Waals surface area contributed by atoms with Crippen LogP contribution in [0.25, 0.3) is 0 Å². The number of halogens is 1. The summed E-state index contributed by atoms with van der Waals surface area (Å²) < 4.78 is 29.1. The quantitative estimate of drug-likeness (QED) is 0.495. The molecule has 0 radical (unpaired) electrons. The second-order valence-corrected chi connectivity index (χ2v) is 8.60. The highest BCUT2D eigenvalue weighted by atomic mass is 79.9. The molecular weight excluding hydrogens is 514 g/mol. The predicted octanol–water partition coefficient (Wildman–Crippen LogP) is 4.86. The van der Waals surface area contributed by atoms with E-state index >= 15 is 0 Å². The van der Waals surface area contributed by atoms with Gasteiger partial charge in [-0.1, -0.05) is 34.1 Å². The van der Waals surface area contributed by atoms with Gasteiger partial charge in [0.25, 0.3) is 0 Å². The van der Waals surface area contributed by atoms with E-state index in [1.54, 1.807) is 36.4 Å². The lowest BCUT2D eigenvalue weighted by Crippen LogP contribution is -2.21. The lowest BCUT2D eigenvalue weighted by molar-refractivity contribution is 0.174. The maximum Gasteiger partial charge on any atom is 0.231 e. The van der Waals surface area contributed by atoms with Crippen molar-refractivity contribution in [2.75, 3.05) is 13.9 Å². The minimum atomic E-state index is -0.546. The minimum absolute atomic E-state index is 0.0168. The van der Waals surface area contributed by atoms with E-state index < -0.39 is 5.92 Å². The molecule has 174 valence electrons. The van der Waals surface area contributed by atoms with Crippen LogP contribution in [0.15, 0.2) is 64.5 Å². The van der Waals surface area contributed by atoms with E-state index in [-0.39, 0.29) is 24.9 Å². The third-order valence-corrected chi connectivity index (χ3v) is 6.51. The molecule has 0 spiro atoms. The Morgan fingerprint density at radius 1 is 1.00 bits per heavy atom. The van der Waals surface area contributed by atoms with Crippen LogP contribution in [-0.4, -0.2) is 13.9 Å². The zero-order chi connectivity index (χ0) is 24.5. The fourth-order valence-electron chi connectivity index (χ4n) is 4.12. The number of nitriles is 2. The van der Waals surface area contributed by atoms with Gasteiger partial charge in [0.1, 0.15) is 24.0 Å². The monoisotopic (exact) mass is 531 g/mol. The van der Waals surface area contributed by atoms with Crippen LogP contribution in [-0.2, 0) is 6.61 Å². The lowest BCUT2D eigenvalue weighted by atomic mass is 9.83. The van der Waals surface area contributed by atoms with Gasteiger partial charge >= 0.3 is 0 Å². The Bertz CT molecular complexity index is 1450. The van der Waals surface area contributed by atoms with Gasteiger partial charge in [-0.05, 0) is 29.8 Å². The molecule has 9 heteroatoms. The zero-order valence-electron chi connectivity index (χ0n) is 18.5. The molecule has 3 aromatic rings. The second kappa shape index (κ2) is 9.13. The Labute approximate surface area is 209 Å². The Hall–Kier alpha value is -4.34. The average molecular weight is 532 g/mol. The molecule has 0 aliphatic carbocycles. The molecule has 3 aromatic carbocycles. The van der Waals surface area contributed by atoms with Gasteiger partial charge in [0.05, 0.1) is 24.7 Å². The summed E-state index contributed by atoms with van der Waals surface area (Å²) in [4.78, 5) is 0. The molecule has 0 bridgehead atoms. The number of benzene rings is 3. The van der Waals surface area contributed by atoms with Gasteiger partial charge in [0.15, 0.2) is 23.0 Å². The number of hydrogen-bond donors (Lipinski definition) is 1. The van der Waals surface area contributed by atoms with Gasteiger partial charge in [0, 0.05) is 21.7 Å². The Balaban J connectivity index is 1.56. The van der Waals surface area contributed by atoms with Crippen molar-refractivity contribution in [1.82, 2.24) is 0 Å². The van der Waals surface area contributed by atoms with Gasteiger partial charge in [0.2, 0.25) is 12.7 Å². The maximum absolute atomic E-state index is 9.92. The summed E-state index contributed by atoms with van der Waals surface area (Å²) in [5, 5.41) is 19.3. The van der Waals surface area contributed by atoms with Crippen molar-refractivity contribution in [3.05, 3.63) is 86.7 Å². The molecular formula is C26H18BrN3O5. The molecule has 2 aliphatic rings. The first-order valence-electron chi connectivity index (χ1n) is 10.5. The van der Waals surface area contributed by atoms with Crippen LogP contribution in [0.3, 0.4) is 0 Å². The number of nitrogens with zero attached hydrogens (tertiary/aromatic N) is 2. The normalized spacial score (nSPS) is 15.5. The summed E-state index contributed by atoms with van der Waals surface area (Å²) in [6.07, 6.45) is 0. The summed E-state index contributed by atoms with van der Waals surface area (Å²) in [6.45, 7) is 0.293. The molecule has 1 atom stereocenters. The van der Waals surface area contributed by atoms with Crippen LogP contribution in [0.4, 0.5) is 0 Å². The maximum atomic E-state index is 9.92. The van der Waals surface area contributed by atoms with E-state index in [0.29, 0.717) is 44.3 Å². The number of fused-ring (bicyclic) bond motifs is 2. The lowest BCUT2D eigenvalue weighted by Gasteiger charge is -2.28.